The second-order valence-corrected chi connectivity index (χ2v) is 5.98. The zero-order valence-electron chi connectivity index (χ0n) is 11.5. The molecule has 1 N–H and O–H groups in total. The Morgan fingerprint density at radius 3 is 2.65 bits per heavy atom. The van der Waals surface area contributed by atoms with Gasteiger partial charge in [-0.3, -0.25) is 9.80 Å². The molecule has 0 aromatic carbocycles. The highest BCUT2D eigenvalue weighted by Crippen LogP contribution is 2.19. The number of piperazine rings is 1. The second-order valence-electron chi connectivity index (χ2n) is 5.98. The van der Waals surface area contributed by atoms with Crippen LogP contribution in [0.5, 0.6) is 0 Å². The van der Waals surface area contributed by atoms with Gasteiger partial charge in [0.1, 0.15) is 0 Å². The van der Waals surface area contributed by atoms with Gasteiger partial charge >= 0.3 is 0 Å². The molecule has 1 atom stereocenters. The van der Waals surface area contributed by atoms with Crippen molar-refractivity contribution < 1.29 is 4.74 Å². The van der Waals surface area contributed by atoms with Crippen LogP contribution in [0.4, 0.5) is 0 Å². The number of likely N-dealkylation sites (N-methyl/N-ethyl adjacent to an activating group) is 1. The van der Waals surface area contributed by atoms with E-state index in [9.17, 15) is 0 Å². The molecule has 2 aliphatic rings. The van der Waals surface area contributed by atoms with Gasteiger partial charge in [-0.1, -0.05) is 0 Å². The molecule has 17 heavy (non-hydrogen) atoms. The van der Waals surface area contributed by atoms with Crippen molar-refractivity contribution in [2.75, 3.05) is 53.0 Å². The number of nitrogens with one attached hydrogen (secondary N) is 1. The van der Waals surface area contributed by atoms with Gasteiger partial charge in [0.05, 0.1) is 6.61 Å². The van der Waals surface area contributed by atoms with Crippen LogP contribution in [0.2, 0.25) is 0 Å². The van der Waals surface area contributed by atoms with Crippen molar-refractivity contribution in [3.05, 3.63) is 0 Å². The first kappa shape index (κ1) is 13.3. The van der Waals surface area contributed by atoms with Gasteiger partial charge in [0.25, 0.3) is 0 Å². The molecule has 0 amide bonds. The van der Waals surface area contributed by atoms with Crippen molar-refractivity contribution >= 4 is 0 Å². The zero-order valence-corrected chi connectivity index (χ0v) is 11.5. The summed E-state index contributed by atoms with van der Waals surface area (Å²) in [5, 5.41) is 3.42. The molecule has 0 saturated carbocycles. The fourth-order valence-corrected chi connectivity index (χ4v) is 2.98. The number of nitrogens with zero attached hydrogens (tertiary/aromatic N) is 2. The van der Waals surface area contributed by atoms with Crippen molar-refractivity contribution in [3.8, 4) is 0 Å². The van der Waals surface area contributed by atoms with Crippen LogP contribution in [0.15, 0.2) is 0 Å². The molecule has 1 unspecified atom stereocenters. The Balaban J connectivity index is 1.86. The molecule has 100 valence electrons. The maximum absolute atomic E-state index is 5.47. The maximum Gasteiger partial charge on any atom is 0.0622 e. The first-order valence-electron chi connectivity index (χ1n) is 6.83. The van der Waals surface area contributed by atoms with E-state index < -0.39 is 0 Å². The van der Waals surface area contributed by atoms with Crippen molar-refractivity contribution in [3.63, 3.8) is 0 Å². The molecule has 2 aliphatic heterocycles. The summed E-state index contributed by atoms with van der Waals surface area (Å²) in [7, 11) is 2.24. The summed E-state index contributed by atoms with van der Waals surface area (Å²) < 4.78 is 5.47. The van der Waals surface area contributed by atoms with Gasteiger partial charge in [-0.2, -0.15) is 0 Å². The van der Waals surface area contributed by atoms with Gasteiger partial charge < -0.3 is 10.1 Å². The molecule has 2 heterocycles. The fraction of sp³-hybridized carbons (Fsp3) is 1.00. The van der Waals surface area contributed by atoms with E-state index in [1.807, 2.05) is 0 Å². The molecular weight excluding hydrogens is 214 g/mol. The van der Waals surface area contributed by atoms with Crippen molar-refractivity contribution in [1.82, 2.24) is 15.1 Å². The van der Waals surface area contributed by atoms with Crippen molar-refractivity contribution in [2.45, 2.75) is 31.8 Å². The van der Waals surface area contributed by atoms with Gasteiger partial charge in [-0.25, -0.2) is 0 Å². The summed E-state index contributed by atoms with van der Waals surface area (Å²) in [6.45, 7) is 12.3. The molecule has 0 aromatic heterocycles. The summed E-state index contributed by atoms with van der Waals surface area (Å²) in [4.78, 5) is 5.09. The number of ether oxygens (including phenoxy) is 1. The van der Waals surface area contributed by atoms with Crippen LogP contribution in [0, 0.1) is 0 Å². The molecule has 4 nitrogen and oxygen atoms in total. The molecule has 0 aromatic rings. The summed E-state index contributed by atoms with van der Waals surface area (Å²) in [5.41, 5.74) is 0.263. The average Bonchev–Trinajstić information content (AvgIpc) is 2.83. The standard InChI is InChI=1S/C13H27N3O/c1-13(2,16-7-5-14-6-8-16)11-15(3)12-4-9-17-10-12/h12,14H,4-11H2,1-3H3. The Morgan fingerprint density at radius 1 is 1.35 bits per heavy atom. The highest BCUT2D eigenvalue weighted by Gasteiger charge is 2.31. The van der Waals surface area contributed by atoms with E-state index in [1.165, 1.54) is 19.5 Å². The minimum atomic E-state index is 0.263. The van der Waals surface area contributed by atoms with Crippen LogP contribution in [-0.4, -0.2) is 74.4 Å². The highest BCUT2D eigenvalue weighted by molar-refractivity contribution is 4.89. The average molecular weight is 241 g/mol. The first-order chi connectivity index (χ1) is 8.09. The summed E-state index contributed by atoms with van der Waals surface area (Å²) >= 11 is 0. The van der Waals surface area contributed by atoms with Gasteiger partial charge in [0.15, 0.2) is 0 Å². The Labute approximate surface area is 105 Å². The number of hydrogen-bond acceptors (Lipinski definition) is 4. The van der Waals surface area contributed by atoms with Crippen LogP contribution in [0.25, 0.3) is 0 Å². The zero-order chi connectivity index (χ0) is 12.3. The molecule has 0 aliphatic carbocycles. The first-order valence-corrected chi connectivity index (χ1v) is 6.83. The van der Waals surface area contributed by atoms with E-state index >= 15 is 0 Å². The smallest absolute Gasteiger partial charge is 0.0622 e. The van der Waals surface area contributed by atoms with Crippen LogP contribution in [-0.2, 0) is 4.74 Å². The highest BCUT2D eigenvalue weighted by atomic mass is 16.5. The third-order valence-corrected chi connectivity index (χ3v) is 4.14. The number of hydrogen-bond donors (Lipinski definition) is 1. The molecule has 0 spiro atoms. The predicted octanol–water partition coefficient (Wildman–Crippen LogP) is 0.391. The van der Waals surface area contributed by atoms with Crippen LogP contribution < -0.4 is 5.32 Å². The molecule has 0 radical (unpaired) electrons. The Hall–Kier alpha value is -0.160. The van der Waals surface area contributed by atoms with E-state index in [1.54, 1.807) is 0 Å². The lowest BCUT2D eigenvalue weighted by Gasteiger charge is -2.44. The monoisotopic (exact) mass is 241 g/mol. The second kappa shape index (κ2) is 5.65. The Morgan fingerprint density at radius 2 is 2.06 bits per heavy atom. The van der Waals surface area contributed by atoms with Gasteiger partial charge in [-0.15, -0.1) is 0 Å². The number of rotatable bonds is 4. The van der Waals surface area contributed by atoms with E-state index in [-0.39, 0.29) is 5.54 Å². The Kier molecular flexibility index (Phi) is 4.42. The van der Waals surface area contributed by atoms with E-state index in [2.05, 4.69) is 36.0 Å². The lowest BCUT2D eigenvalue weighted by Crippen LogP contribution is -2.58. The predicted molar refractivity (Wildman–Crippen MR) is 70.4 cm³/mol. The Bertz CT molecular complexity index is 233. The molecule has 4 heteroatoms. The third-order valence-electron chi connectivity index (χ3n) is 4.14. The van der Waals surface area contributed by atoms with E-state index in [4.69, 9.17) is 4.74 Å². The molecular formula is C13H27N3O. The van der Waals surface area contributed by atoms with Gasteiger partial charge in [0, 0.05) is 50.9 Å². The molecule has 2 rings (SSSR count). The molecule has 2 saturated heterocycles. The van der Waals surface area contributed by atoms with Gasteiger partial charge in [0.2, 0.25) is 0 Å². The SMILES string of the molecule is CN(CC(C)(C)N1CCNCC1)C1CCOC1. The third kappa shape index (κ3) is 3.41. The summed E-state index contributed by atoms with van der Waals surface area (Å²) in [6, 6.07) is 0.622. The van der Waals surface area contributed by atoms with Crippen molar-refractivity contribution in [1.29, 1.82) is 0 Å². The lowest BCUT2D eigenvalue weighted by molar-refractivity contribution is 0.0547. The van der Waals surface area contributed by atoms with Crippen LogP contribution in [0.3, 0.4) is 0 Å². The van der Waals surface area contributed by atoms with E-state index in [0.717, 1.165) is 32.8 Å². The summed E-state index contributed by atoms with van der Waals surface area (Å²) in [6.07, 6.45) is 1.19. The van der Waals surface area contributed by atoms with Crippen LogP contribution in [0.1, 0.15) is 20.3 Å². The molecule has 0 bridgehead atoms. The van der Waals surface area contributed by atoms with Crippen molar-refractivity contribution in [2.24, 2.45) is 0 Å². The molecule has 2 fully saturated rings. The minimum absolute atomic E-state index is 0.263. The van der Waals surface area contributed by atoms with Crippen LogP contribution >= 0.6 is 0 Å². The summed E-state index contributed by atoms with van der Waals surface area (Å²) in [5.74, 6) is 0. The van der Waals surface area contributed by atoms with Gasteiger partial charge in [-0.05, 0) is 27.3 Å². The minimum Gasteiger partial charge on any atom is -0.380 e. The lowest BCUT2D eigenvalue weighted by atomic mass is 10.00. The fourth-order valence-electron chi connectivity index (χ4n) is 2.98. The maximum atomic E-state index is 5.47. The van der Waals surface area contributed by atoms with E-state index in [0.29, 0.717) is 6.04 Å². The largest absolute Gasteiger partial charge is 0.380 e. The quantitative estimate of drug-likeness (QED) is 0.771. The topological polar surface area (TPSA) is 27.7 Å². The normalized spacial score (nSPS) is 27.9.